The van der Waals surface area contributed by atoms with E-state index < -0.39 is 5.97 Å². The first-order valence-corrected chi connectivity index (χ1v) is 7.96. The number of esters is 1. The molecule has 0 amide bonds. The van der Waals surface area contributed by atoms with Crippen LogP contribution in [0.5, 0.6) is 0 Å². The topological polar surface area (TPSA) is 82.1 Å². The van der Waals surface area contributed by atoms with E-state index in [0.29, 0.717) is 6.42 Å². The van der Waals surface area contributed by atoms with E-state index in [-0.39, 0.29) is 42.5 Å². The molecule has 6 heteroatoms. The van der Waals surface area contributed by atoms with E-state index in [9.17, 15) is 9.59 Å². The molecule has 2 saturated heterocycles. The van der Waals surface area contributed by atoms with Crippen molar-refractivity contribution in [2.45, 2.75) is 44.5 Å². The summed E-state index contributed by atoms with van der Waals surface area (Å²) in [6.07, 6.45) is 6.46. The summed E-state index contributed by atoms with van der Waals surface area (Å²) in [6.45, 7) is 1.46. The maximum atomic E-state index is 11.6. The summed E-state index contributed by atoms with van der Waals surface area (Å²) >= 11 is 0. The van der Waals surface area contributed by atoms with Gasteiger partial charge in [0.25, 0.3) is 0 Å². The van der Waals surface area contributed by atoms with Gasteiger partial charge in [0.1, 0.15) is 6.10 Å². The van der Waals surface area contributed by atoms with Crippen LogP contribution >= 0.6 is 0 Å². The minimum Gasteiger partial charge on any atom is -0.481 e. The van der Waals surface area contributed by atoms with Gasteiger partial charge in [-0.25, -0.2) is 0 Å². The molecule has 3 aliphatic rings. The number of allylic oxidation sites excluding steroid dienone is 1. The predicted octanol–water partition coefficient (Wildman–Crippen LogP) is 1.74. The normalized spacial score (nSPS) is 35.2. The Morgan fingerprint density at radius 2 is 1.91 bits per heavy atom. The van der Waals surface area contributed by atoms with Gasteiger partial charge in [0.2, 0.25) is 0 Å². The number of hydrogen-bond acceptors (Lipinski definition) is 5. The van der Waals surface area contributed by atoms with Crippen LogP contribution in [0.2, 0.25) is 0 Å². The fourth-order valence-electron chi connectivity index (χ4n) is 3.65. The lowest BCUT2D eigenvalue weighted by Gasteiger charge is -2.33. The first kappa shape index (κ1) is 15.5. The third kappa shape index (κ3) is 3.50. The maximum absolute atomic E-state index is 11.6. The Morgan fingerprint density at radius 1 is 1.18 bits per heavy atom. The Morgan fingerprint density at radius 3 is 2.64 bits per heavy atom. The molecular formula is C16H22O6. The summed E-state index contributed by atoms with van der Waals surface area (Å²) in [7, 11) is 0. The molecule has 1 N–H and O–H groups in total. The van der Waals surface area contributed by atoms with Gasteiger partial charge >= 0.3 is 11.9 Å². The van der Waals surface area contributed by atoms with Gasteiger partial charge in [0, 0.05) is 11.8 Å². The number of carboxylic acid groups (broad SMARTS) is 1. The summed E-state index contributed by atoms with van der Waals surface area (Å²) in [6, 6.07) is 0. The smallest absolute Gasteiger partial charge is 0.306 e. The zero-order valence-corrected chi connectivity index (χ0v) is 12.5. The van der Waals surface area contributed by atoms with E-state index in [0.717, 1.165) is 32.5 Å². The fraction of sp³-hybridized carbons (Fsp3) is 0.750. The molecular weight excluding hydrogens is 288 g/mol. The predicted molar refractivity (Wildman–Crippen MR) is 75.9 cm³/mol. The van der Waals surface area contributed by atoms with Gasteiger partial charge in [-0.15, -0.1) is 0 Å². The van der Waals surface area contributed by atoms with Crippen molar-refractivity contribution < 1.29 is 28.9 Å². The zero-order valence-electron chi connectivity index (χ0n) is 12.5. The van der Waals surface area contributed by atoms with Crippen LogP contribution in [0.3, 0.4) is 0 Å². The van der Waals surface area contributed by atoms with E-state index in [4.69, 9.17) is 19.3 Å². The minimum absolute atomic E-state index is 0.0215. The molecule has 0 saturated carbocycles. The molecule has 3 rings (SSSR count). The second-order valence-corrected chi connectivity index (χ2v) is 6.23. The van der Waals surface area contributed by atoms with Gasteiger partial charge in [-0.1, -0.05) is 12.2 Å². The molecule has 1 aliphatic carbocycles. The molecule has 0 aromatic heterocycles. The first-order valence-electron chi connectivity index (χ1n) is 7.96. The molecule has 2 aliphatic heterocycles. The summed E-state index contributed by atoms with van der Waals surface area (Å²) in [5.74, 6) is -1.07. The molecule has 0 bridgehead atoms. The molecule has 2 fully saturated rings. The van der Waals surface area contributed by atoms with Crippen molar-refractivity contribution in [2.75, 3.05) is 13.2 Å². The number of aliphatic carboxylic acids is 1. The van der Waals surface area contributed by atoms with Gasteiger partial charge in [-0.2, -0.15) is 0 Å². The van der Waals surface area contributed by atoms with E-state index in [1.807, 2.05) is 12.2 Å². The highest BCUT2D eigenvalue weighted by Crippen LogP contribution is 2.41. The van der Waals surface area contributed by atoms with Gasteiger partial charge in [0.05, 0.1) is 26.1 Å². The Balaban J connectivity index is 1.61. The highest BCUT2D eigenvalue weighted by atomic mass is 16.7. The van der Waals surface area contributed by atoms with Crippen LogP contribution in [0, 0.1) is 17.8 Å². The van der Waals surface area contributed by atoms with Crippen LogP contribution in [0.25, 0.3) is 0 Å². The minimum atomic E-state index is -0.838. The highest BCUT2D eigenvalue weighted by Gasteiger charge is 2.45. The highest BCUT2D eigenvalue weighted by molar-refractivity contribution is 5.73. The van der Waals surface area contributed by atoms with E-state index in [2.05, 4.69) is 0 Å². The molecule has 0 radical (unpaired) electrons. The van der Waals surface area contributed by atoms with Crippen LogP contribution < -0.4 is 0 Å². The molecule has 0 spiro atoms. The van der Waals surface area contributed by atoms with Gasteiger partial charge in [0.15, 0.2) is 6.29 Å². The molecule has 4 atom stereocenters. The van der Waals surface area contributed by atoms with Crippen molar-refractivity contribution in [1.29, 1.82) is 0 Å². The second-order valence-electron chi connectivity index (χ2n) is 6.23. The van der Waals surface area contributed by atoms with Crippen molar-refractivity contribution in [3.05, 3.63) is 12.2 Å². The van der Waals surface area contributed by atoms with Crippen molar-refractivity contribution in [2.24, 2.45) is 17.8 Å². The number of hydrogen-bond donors (Lipinski definition) is 1. The average molecular weight is 310 g/mol. The maximum Gasteiger partial charge on any atom is 0.306 e. The van der Waals surface area contributed by atoms with E-state index in [1.165, 1.54) is 0 Å². The number of fused-ring (bicyclic) bond motifs is 1. The zero-order chi connectivity index (χ0) is 15.5. The molecule has 6 nitrogen and oxygen atoms in total. The quantitative estimate of drug-likeness (QED) is 0.615. The van der Waals surface area contributed by atoms with Gasteiger partial charge < -0.3 is 19.3 Å². The first-order chi connectivity index (χ1) is 10.6. The van der Waals surface area contributed by atoms with Gasteiger partial charge in [-0.3, -0.25) is 9.59 Å². The Bertz CT molecular complexity index is 454. The molecule has 0 aromatic rings. The van der Waals surface area contributed by atoms with Crippen LogP contribution in [0.15, 0.2) is 12.2 Å². The fourth-order valence-corrected chi connectivity index (χ4v) is 3.65. The number of rotatable bonds is 5. The molecule has 0 aromatic carbocycles. The summed E-state index contributed by atoms with van der Waals surface area (Å²) < 4.78 is 16.6. The average Bonchev–Trinajstić information content (AvgIpc) is 2.89. The van der Waals surface area contributed by atoms with E-state index >= 15 is 0 Å². The lowest BCUT2D eigenvalue weighted by atomic mass is 9.74. The molecule has 22 heavy (non-hydrogen) atoms. The number of carbonyl (C=O) groups is 2. The summed E-state index contributed by atoms with van der Waals surface area (Å²) in [5, 5.41) is 9.00. The summed E-state index contributed by atoms with van der Waals surface area (Å²) in [4.78, 5) is 22.6. The Hall–Kier alpha value is -1.40. The van der Waals surface area contributed by atoms with Crippen molar-refractivity contribution in [3.63, 3.8) is 0 Å². The lowest BCUT2D eigenvalue weighted by Crippen LogP contribution is -2.35. The van der Waals surface area contributed by atoms with E-state index in [1.54, 1.807) is 0 Å². The molecule has 2 heterocycles. The van der Waals surface area contributed by atoms with Crippen LogP contribution in [-0.4, -0.2) is 42.7 Å². The van der Waals surface area contributed by atoms with Gasteiger partial charge in [-0.05, 0) is 25.2 Å². The number of carboxylic acids is 1. The third-order valence-corrected chi connectivity index (χ3v) is 4.71. The van der Waals surface area contributed by atoms with Crippen LogP contribution in [-0.2, 0) is 23.8 Å². The Kier molecular flexibility index (Phi) is 4.78. The number of carbonyl (C=O) groups excluding carboxylic acids is 1. The van der Waals surface area contributed by atoms with Crippen molar-refractivity contribution in [3.8, 4) is 0 Å². The summed E-state index contributed by atoms with van der Waals surface area (Å²) in [5.41, 5.74) is 0. The largest absolute Gasteiger partial charge is 0.481 e. The molecule has 122 valence electrons. The van der Waals surface area contributed by atoms with Crippen LogP contribution in [0.4, 0.5) is 0 Å². The molecule has 0 unspecified atom stereocenters. The lowest BCUT2D eigenvalue weighted by molar-refractivity contribution is -0.183. The standard InChI is InChI=1S/C16H22O6/c17-13(18)8-11-3-2-10(16-12(11)9-14(19)22-16)4-5-15-20-6-1-7-21-15/h2-3,10-12,15-16H,1,4-9H2,(H,17,18)/t10-,11-,12+,16-/m1/s1. The third-order valence-electron chi connectivity index (χ3n) is 4.71. The van der Waals surface area contributed by atoms with Crippen molar-refractivity contribution >= 4 is 11.9 Å². The Labute approximate surface area is 129 Å². The van der Waals surface area contributed by atoms with Crippen LogP contribution in [0.1, 0.15) is 32.1 Å². The van der Waals surface area contributed by atoms with Crippen molar-refractivity contribution in [1.82, 2.24) is 0 Å². The second kappa shape index (κ2) is 6.79. The number of ether oxygens (including phenoxy) is 3. The monoisotopic (exact) mass is 310 g/mol. The SMILES string of the molecule is O=C(O)C[C@H]1C=C[C@H](CCC2OCCCO2)[C@H]2OC(=O)C[C@H]21.